The van der Waals surface area contributed by atoms with Gasteiger partial charge in [-0.15, -0.1) is 0 Å². The third-order valence-electron chi connectivity index (χ3n) is 5.75. The van der Waals surface area contributed by atoms with Crippen LogP contribution in [0.5, 0.6) is 5.75 Å². The quantitative estimate of drug-likeness (QED) is 0.883. The molecule has 0 radical (unpaired) electrons. The van der Waals surface area contributed by atoms with E-state index in [0.29, 0.717) is 17.7 Å². The Bertz CT molecular complexity index is 902. The van der Waals surface area contributed by atoms with Crippen molar-refractivity contribution in [1.82, 2.24) is 5.32 Å². The SMILES string of the molecule is Cc1ccc(OCC(=O)N[C@@H]2CCCc3ccccc32)c2c1[C@H](C)CC2=O. The number of hydrogen-bond donors (Lipinski definition) is 1. The molecular formula is C23H25NO3. The molecule has 0 unspecified atom stereocenters. The smallest absolute Gasteiger partial charge is 0.258 e. The summed E-state index contributed by atoms with van der Waals surface area (Å²) in [6.07, 6.45) is 3.59. The van der Waals surface area contributed by atoms with Gasteiger partial charge >= 0.3 is 0 Å². The zero-order valence-electron chi connectivity index (χ0n) is 15.9. The van der Waals surface area contributed by atoms with E-state index in [2.05, 4.69) is 24.4 Å². The number of rotatable bonds is 4. The molecule has 0 aromatic heterocycles. The van der Waals surface area contributed by atoms with Crippen LogP contribution in [0.4, 0.5) is 0 Å². The Balaban J connectivity index is 1.45. The second-order valence-electron chi connectivity index (χ2n) is 7.70. The average molecular weight is 363 g/mol. The Hall–Kier alpha value is -2.62. The van der Waals surface area contributed by atoms with Crippen LogP contribution in [0.3, 0.4) is 0 Å². The molecule has 1 amide bonds. The summed E-state index contributed by atoms with van der Waals surface area (Å²) >= 11 is 0. The van der Waals surface area contributed by atoms with Gasteiger partial charge in [-0.25, -0.2) is 0 Å². The molecule has 0 saturated heterocycles. The first kappa shape index (κ1) is 17.8. The van der Waals surface area contributed by atoms with Crippen molar-refractivity contribution in [1.29, 1.82) is 0 Å². The van der Waals surface area contributed by atoms with Gasteiger partial charge in [-0.3, -0.25) is 9.59 Å². The van der Waals surface area contributed by atoms with Gasteiger partial charge in [0.05, 0.1) is 11.6 Å². The van der Waals surface area contributed by atoms with E-state index in [1.807, 2.05) is 31.2 Å². The van der Waals surface area contributed by atoms with Crippen LogP contribution in [0.2, 0.25) is 0 Å². The van der Waals surface area contributed by atoms with Crippen LogP contribution in [-0.2, 0) is 11.2 Å². The highest BCUT2D eigenvalue weighted by molar-refractivity contribution is 6.04. The van der Waals surface area contributed by atoms with E-state index in [-0.39, 0.29) is 30.3 Å². The second kappa shape index (κ2) is 7.18. The summed E-state index contributed by atoms with van der Waals surface area (Å²) in [4.78, 5) is 24.9. The van der Waals surface area contributed by atoms with Gasteiger partial charge in [0.2, 0.25) is 0 Å². The fourth-order valence-electron chi connectivity index (χ4n) is 4.51. The molecule has 27 heavy (non-hydrogen) atoms. The van der Waals surface area contributed by atoms with E-state index in [0.717, 1.165) is 30.4 Å². The maximum Gasteiger partial charge on any atom is 0.258 e. The lowest BCUT2D eigenvalue weighted by Crippen LogP contribution is -2.34. The van der Waals surface area contributed by atoms with Crippen molar-refractivity contribution in [3.8, 4) is 5.75 Å². The van der Waals surface area contributed by atoms with Crippen LogP contribution in [0.15, 0.2) is 36.4 Å². The molecule has 2 aromatic rings. The molecule has 0 fully saturated rings. The molecule has 2 aliphatic carbocycles. The predicted octanol–water partition coefficient (Wildman–Crippen LogP) is 4.26. The first-order valence-electron chi connectivity index (χ1n) is 9.71. The number of nitrogens with one attached hydrogen (secondary N) is 1. The number of amides is 1. The predicted molar refractivity (Wildman–Crippen MR) is 104 cm³/mol. The lowest BCUT2D eigenvalue weighted by Gasteiger charge is -2.26. The van der Waals surface area contributed by atoms with Gasteiger partial charge < -0.3 is 10.1 Å². The van der Waals surface area contributed by atoms with Crippen molar-refractivity contribution in [2.24, 2.45) is 0 Å². The van der Waals surface area contributed by atoms with Crippen molar-refractivity contribution in [2.75, 3.05) is 6.61 Å². The molecule has 4 heteroatoms. The number of ketones is 1. The molecule has 0 heterocycles. The number of hydrogen-bond acceptors (Lipinski definition) is 3. The fourth-order valence-corrected chi connectivity index (χ4v) is 4.51. The number of ether oxygens (including phenoxy) is 1. The Kier molecular flexibility index (Phi) is 4.73. The normalized spacial score (nSPS) is 20.7. The van der Waals surface area contributed by atoms with Crippen molar-refractivity contribution in [3.63, 3.8) is 0 Å². The minimum Gasteiger partial charge on any atom is -0.483 e. The van der Waals surface area contributed by atoms with Crippen molar-refractivity contribution in [2.45, 2.75) is 51.5 Å². The maximum absolute atomic E-state index is 12.5. The lowest BCUT2D eigenvalue weighted by atomic mass is 9.88. The highest BCUT2D eigenvalue weighted by atomic mass is 16.5. The van der Waals surface area contributed by atoms with E-state index in [9.17, 15) is 9.59 Å². The molecule has 0 bridgehead atoms. The zero-order valence-corrected chi connectivity index (χ0v) is 15.9. The molecule has 0 saturated carbocycles. The van der Waals surface area contributed by atoms with Gasteiger partial charge in [0.25, 0.3) is 5.91 Å². The topological polar surface area (TPSA) is 55.4 Å². The monoisotopic (exact) mass is 363 g/mol. The van der Waals surface area contributed by atoms with E-state index in [4.69, 9.17) is 4.74 Å². The molecule has 4 rings (SSSR count). The Morgan fingerprint density at radius 3 is 2.89 bits per heavy atom. The first-order chi connectivity index (χ1) is 13.0. The summed E-state index contributed by atoms with van der Waals surface area (Å²) in [5.41, 5.74) is 5.36. The molecule has 140 valence electrons. The van der Waals surface area contributed by atoms with E-state index in [1.54, 1.807) is 0 Å². The van der Waals surface area contributed by atoms with Crippen LogP contribution in [0.1, 0.15) is 70.8 Å². The summed E-state index contributed by atoms with van der Waals surface area (Å²) in [6.45, 7) is 4.01. The van der Waals surface area contributed by atoms with Crippen molar-refractivity contribution in [3.05, 3.63) is 64.2 Å². The zero-order chi connectivity index (χ0) is 19.0. The fraction of sp³-hybridized carbons (Fsp3) is 0.391. The minimum atomic E-state index is -0.149. The second-order valence-corrected chi connectivity index (χ2v) is 7.70. The van der Waals surface area contributed by atoms with Crippen molar-refractivity contribution < 1.29 is 14.3 Å². The van der Waals surface area contributed by atoms with Gasteiger partial charge in [-0.1, -0.05) is 37.3 Å². The Labute approximate surface area is 159 Å². The Morgan fingerprint density at radius 2 is 2.04 bits per heavy atom. The molecule has 0 aliphatic heterocycles. The summed E-state index contributed by atoms with van der Waals surface area (Å²) in [5.74, 6) is 0.704. The van der Waals surface area contributed by atoms with Crippen LogP contribution >= 0.6 is 0 Å². The molecule has 2 atom stereocenters. The van der Waals surface area contributed by atoms with Crippen LogP contribution < -0.4 is 10.1 Å². The Morgan fingerprint density at radius 1 is 1.22 bits per heavy atom. The molecule has 4 nitrogen and oxygen atoms in total. The highest BCUT2D eigenvalue weighted by Gasteiger charge is 2.31. The van der Waals surface area contributed by atoms with Crippen LogP contribution in [-0.4, -0.2) is 18.3 Å². The summed E-state index contributed by atoms with van der Waals surface area (Å²) in [5, 5.41) is 3.10. The van der Waals surface area contributed by atoms with Crippen LogP contribution in [0, 0.1) is 6.92 Å². The number of carbonyl (C=O) groups is 2. The molecule has 0 spiro atoms. The molecule has 2 aromatic carbocycles. The van der Waals surface area contributed by atoms with Gasteiger partial charge in [0, 0.05) is 6.42 Å². The number of Topliss-reactive ketones (excluding diaryl/α,β-unsaturated/α-hetero) is 1. The van der Waals surface area contributed by atoms with E-state index >= 15 is 0 Å². The van der Waals surface area contributed by atoms with Gasteiger partial charge in [-0.05, 0) is 60.4 Å². The number of fused-ring (bicyclic) bond motifs is 2. The summed E-state index contributed by atoms with van der Waals surface area (Å²) in [6, 6.07) is 12.1. The van der Waals surface area contributed by atoms with Crippen LogP contribution in [0.25, 0.3) is 0 Å². The third kappa shape index (κ3) is 3.36. The molecular weight excluding hydrogens is 338 g/mol. The number of carbonyl (C=O) groups excluding carboxylic acids is 2. The summed E-state index contributed by atoms with van der Waals surface area (Å²) < 4.78 is 5.78. The van der Waals surface area contributed by atoms with E-state index < -0.39 is 0 Å². The average Bonchev–Trinajstić information content (AvgIpc) is 2.97. The van der Waals surface area contributed by atoms with Gasteiger partial charge in [0.1, 0.15) is 5.75 Å². The van der Waals surface area contributed by atoms with Gasteiger partial charge in [0.15, 0.2) is 12.4 Å². The molecule has 2 aliphatic rings. The standard InChI is InChI=1S/C23H25NO3/c1-14-10-11-20(23-19(25)12-15(2)22(14)23)27-13-21(26)24-18-9-5-7-16-6-3-4-8-17(16)18/h3-4,6,8,10-11,15,18H,5,7,9,12-13H2,1-2H3,(H,24,26)/t15-,18-/m1/s1. The largest absolute Gasteiger partial charge is 0.483 e. The first-order valence-corrected chi connectivity index (χ1v) is 9.71. The highest BCUT2D eigenvalue weighted by Crippen LogP contribution is 2.40. The maximum atomic E-state index is 12.5. The third-order valence-corrected chi connectivity index (χ3v) is 5.75. The van der Waals surface area contributed by atoms with Gasteiger partial charge in [-0.2, -0.15) is 0 Å². The van der Waals surface area contributed by atoms with Crippen molar-refractivity contribution >= 4 is 11.7 Å². The number of benzene rings is 2. The van der Waals surface area contributed by atoms with E-state index in [1.165, 1.54) is 11.1 Å². The lowest BCUT2D eigenvalue weighted by molar-refractivity contribution is -0.124. The number of aryl methyl sites for hydroxylation is 2. The molecule has 1 N–H and O–H groups in total. The minimum absolute atomic E-state index is 0.0384. The summed E-state index contributed by atoms with van der Waals surface area (Å²) in [7, 11) is 0.